The fraction of sp³-hybridized carbons (Fsp3) is 0.667. The molecule has 2 aliphatic rings. The summed E-state index contributed by atoms with van der Waals surface area (Å²) in [6, 6.07) is 5.78. The molecule has 1 spiro atoms. The largest absolute Gasteiger partial charge is 0.477 e. The average Bonchev–Trinajstić information content (AvgIpc) is 2.48. The van der Waals surface area contributed by atoms with Gasteiger partial charge in [0.15, 0.2) is 0 Å². The summed E-state index contributed by atoms with van der Waals surface area (Å²) in [5.74, 6) is 1.21. The summed E-state index contributed by atoms with van der Waals surface area (Å²) in [6.45, 7) is 4.70. The van der Waals surface area contributed by atoms with Crippen molar-refractivity contribution in [1.82, 2.24) is 10.3 Å². The van der Waals surface area contributed by atoms with Crippen LogP contribution >= 0.6 is 0 Å². The Morgan fingerprint density at radius 3 is 3.00 bits per heavy atom. The summed E-state index contributed by atoms with van der Waals surface area (Å²) in [6.07, 6.45) is 5.43. The SMILES string of the molecule is c1ccc(OCC2COCCC23CCNCC3)nc1. The Morgan fingerprint density at radius 2 is 2.21 bits per heavy atom. The predicted octanol–water partition coefficient (Wildman–Crippen LogP) is 1.87. The van der Waals surface area contributed by atoms with E-state index in [4.69, 9.17) is 9.47 Å². The van der Waals surface area contributed by atoms with Gasteiger partial charge in [0.2, 0.25) is 5.88 Å². The molecule has 1 aromatic heterocycles. The molecule has 0 radical (unpaired) electrons. The van der Waals surface area contributed by atoms with E-state index in [1.54, 1.807) is 6.20 Å². The molecule has 1 N–H and O–H groups in total. The van der Waals surface area contributed by atoms with Crippen molar-refractivity contribution in [3.63, 3.8) is 0 Å². The maximum atomic E-state index is 5.86. The van der Waals surface area contributed by atoms with Crippen molar-refractivity contribution in [3.05, 3.63) is 24.4 Å². The minimum atomic E-state index is 0.415. The molecule has 104 valence electrons. The highest BCUT2D eigenvalue weighted by atomic mass is 16.5. The molecule has 3 heterocycles. The molecule has 1 unspecified atom stereocenters. The van der Waals surface area contributed by atoms with Crippen molar-refractivity contribution in [1.29, 1.82) is 0 Å². The highest BCUT2D eigenvalue weighted by Crippen LogP contribution is 2.43. The third-order valence-electron chi connectivity index (χ3n) is 4.60. The third kappa shape index (κ3) is 2.90. The van der Waals surface area contributed by atoms with Gasteiger partial charge in [0, 0.05) is 24.8 Å². The van der Waals surface area contributed by atoms with Gasteiger partial charge in [-0.05, 0) is 43.8 Å². The van der Waals surface area contributed by atoms with Crippen LogP contribution in [0.25, 0.3) is 0 Å². The van der Waals surface area contributed by atoms with E-state index in [-0.39, 0.29) is 0 Å². The van der Waals surface area contributed by atoms with Crippen LogP contribution < -0.4 is 10.1 Å². The summed E-state index contributed by atoms with van der Waals surface area (Å²) in [7, 11) is 0. The molecule has 0 aliphatic carbocycles. The van der Waals surface area contributed by atoms with Crippen molar-refractivity contribution in [2.24, 2.45) is 11.3 Å². The zero-order valence-electron chi connectivity index (χ0n) is 11.3. The Labute approximate surface area is 114 Å². The van der Waals surface area contributed by atoms with Gasteiger partial charge >= 0.3 is 0 Å². The lowest BCUT2D eigenvalue weighted by Crippen LogP contribution is -2.48. The maximum absolute atomic E-state index is 5.86. The van der Waals surface area contributed by atoms with Crippen LogP contribution in [-0.4, -0.2) is 37.9 Å². The molecule has 19 heavy (non-hydrogen) atoms. The van der Waals surface area contributed by atoms with Gasteiger partial charge in [0.1, 0.15) is 0 Å². The highest BCUT2D eigenvalue weighted by Gasteiger charge is 2.42. The number of ether oxygens (including phenoxy) is 2. The van der Waals surface area contributed by atoms with Gasteiger partial charge in [-0.25, -0.2) is 4.98 Å². The van der Waals surface area contributed by atoms with E-state index in [1.165, 1.54) is 19.3 Å². The molecule has 0 amide bonds. The smallest absolute Gasteiger partial charge is 0.213 e. The summed E-state index contributed by atoms with van der Waals surface area (Å²) in [5, 5.41) is 3.46. The first-order valence-electron chi connectivity index (χ1n) is 7.21. The average molecular weight is 262 g/mol. The number of pyridine rings is 1. The second kappa shape index (κ2) is 5.88. The van der Waals surface area contributed by atoms with E-state index < -0.39 is 0 Å². The minimum absolute atomic E-state index is 0.415. The molecule has 1 aromatic rings. The Hall–Kier alpha value is -1.13. The number of piperidine rings is 1. The zero-order chi connectivity index (χ0) is 13.0. The van der Waals surface area contributed by atoms with Crippen molar-refractivity contribution in [2.75, 3.05) is 32.9 Å². The zero-order valence-corrected chi connectivity index (χ0v) is 11.3. The quantitative estimate of drug-likeness (QED) is 0.903. The summed E-state index contributed by atoms with van der Waals surface area (Å²) in [5.41, 5.74) is 0.415. The molecular formula is C15H22N2O2. The summed E-state index contributed by atoms with van der Waals surface area (Å²) < 4.78 is 11.5. The second-order valence-electron chi connectivity index (χ2n) is 5.61. The number of rotatable bonds is 3. The molecule has 0 saturated carbocycles. The first-order valence-corrected chi connectivity index (χ1v) is 7.21. The van der Waals surface area contributed by atoms with Gasteiger partial charge in [0.05, 0.1) is 13.2 Å². The van der Waals surface area contributed by atoms with Gasteiger partial charge in [-0.15, -0.1) is 0 Å². The van der Waals surface area contributed by atoms with E-state index >= 15 is 0 Å². The maximum Gasteiger partial charge on any atom is 0.213 e. The number of nitrogens with one attached hydrogen (secondary N) is 1. The molecule has 2 aliphatic heterocycles. The predicted molar refractivity (Wildman–Crippen MR) is 73.2 cm³/mol. The van der Waals surface area contributed by atoms with Gasteiger partial charge in [-0.3, -0.25) is 0 Å². The Bertz CT molecular complexity index is 382. The monoisotopic (exact) mass is 262 g/mol. The molecule has 4 nitrogen and oxygen atoms in total. The summed E-state index contributed by atoms with van der Waals surface area (Å²) in [4.78, 5) is 4.22. The second-order valence-corrected chi connectivity index (χ2v) is 5.61. The normalized spacial score (nSPS) is 26.2. The van der Waals surface area contributed by atoms with Crippen LogP contribution in [0.3, 0.4) is 0 Å². The number of hydrogen-bond acceptors (Lipinski definition) is 4. The molecule has 4 heteroatoms. The lowest BCUT2D eigenvalue weighted by Gasteiger charge is -2.46. The van der Waals surface area contributed by atoms with Gasteiger partial charge < -0.3 is 14.8 Å². The Morgan fingerprint density at radius 1 is 1.32 bits per heavy atom. The minimum Gasteiger partial charge on any atom is -0.477 e. The van der Waals surface area contributed by atoms with Gasteiger partial charge in [0.25, 0.3) is 0 Å². The lowest BCUT2D eigenvalue weighted by molar-refractivity contribution is -0.0725. The van der Waals surface area contributed by atoms with Crippen LogP contribution in [0.1, 0.15) is 19.3 Å². The standard InChI is InChI=1S/C15H22N2O2/c1-2-7-17-14(3-1)19-12-13-11-18-10-6-15(13)4-8-16-9-5-15/h1-3,7,13,16H,4-6,8-12H2. The first kappa shape index (κ1) is 12.9. The topological polar surface area (TPSA) is 43.4 Å². The molecule has 2 fully saturated rings. The van der Waals surface area contributed by atoms with Crippen molar-refractivity contribution >= 4 is 0 Å². The number of nitrogens with zero attached hydrogens (tertiary/aromatic N) is 1. The Balaban J connectivity index is 1.64. The van der Waals surface area contributed by atoms with Crippen molar-refractivity contribution in [3.8, 4) is 5.88 Å². The van der Waals surface area contributed by atoms with E-state index in [1.807, 2.05) is 18.2 Å². The Kier molecular flexibility index (Phi) is 3.99. The molecule has 3 rings (SSSR count). The van der Waals surface area contributed by atoms with Crippen LogP contribution in [0.4, 0.5) is 0 Å². The first-order chi connectivity index (χ1) is 9.39. The van der Waals surface area contributed by atoms with Gasteiger partial charge in [-0.2, -0.15) is 0 Å². The molecule has 0 aromatic carbocycles. The molecule has 1 atom stereocenters. The van der Waals surface area contributed by atoms with E-state index in [2.05, 4.69) is 10.3 Å². The van der Waals surface area contributed by atoms with E-state index in [0.29, 0.717) is 11.3 Å². The fourth-order valence-electron chi connectivity index (χ4n) is 3.31. The third-order valence-corrected chi connectivity index (χ3v) is 4.60. The summed E-state index contributed by atoms with van der Waals surface area (Å²) >= 11 is 0. The van der Waals surface area contributed by atoms with Crippen LogP contribution in [0.15, 0.2) is 24.4 Å². The van der Waals surface area contributed by atoms with E-state index in [0.717, 1.165) is 38.8 Å². The molecular weight excluding hydrogens is 240 g/mol. The number of aromatic nitrogens is 1. The lowest BCUT2D eigenvalue weighted by atomic mass is 9.66. The van der Waals surface area contributed by atoms with Crippen LogP contribution in [0.5, 0.6) is 5.88 Å². The van der Waals surface area contributed by atoms with Crippen molar-refractivity contribution in [2.45, 2.75) is 19.3 Å². The van der Waals surface area contributed by atoms with Crippen molar-refractivity contribution < 1.29 is 9.47 Å². The van der Waals surface area contributed by atoms with Crippen LogP contribution in [-0.2, 0) is 4.74 Å². The number of hydrogen-bond donors (Lipinski definition) is 1. The van der Waals surface area contributed by atoms with E-state index in [9.17, 15) is 0 Å². The van der Waals surface area contributed by atoms with Gasteiger partial charge in [-0.1, -0.05) is 6.07 Å². The molecule has 0 bridgehead atoms. The fourth-order valence-corrected chi connectivity index (χ4v) is 3.31. The highest BCUT2D eigenvalue weighted by molar-refractivity contribution is 5.09. The van der Waals surface area contributed by atoms with Crippen LogP contribution in [0.2, 0.25) is 0 Å². The van der Waals surface area contributed by atoms with Crippen LogP contribution in [0, 0.1) is 11.3 Å². The molecule has 2 saturated heterocycles.